The Labute approximate surface area is 128 Å². The second-order valence-electron chi connectivity index (χ2n) is 4.70. The quantitative estimate of drug-likeness (QED) is 0.830. The van der Waals surface area contributed by atoms with Gasteiger partial charge < -0.3 is 10.0 Å². The Balaban J connectivity index is 2.45. The van der Waals surface area contributed by atoms with Gasteiger partial charge in [-0.25, -0.2) is 0 Å². The number of carbonyl (C=O) groups is 2. The van der Waals surface area contributed by atoms with Crippen molar-refractivity contribution in [2.75, 3.05) is 4.90 Å². The molecule has 1 unspecified atom stereocenters. The molecule has 0 fully saturated rings. The van der Waals surface area contributed by atoms with Crippen LogP contribution in [-0.2, 0) is 9.59 Å². The molecular formula is C17H14N2O3. The first-order valence-electron chi connectivity index (χ1n) is 6.66. The van der Waals surface area contributed by atoms with Crippen LogP contribution in [0.2, 0.25) is 0 Å². The number of nitrogens with zero attached hydrogens (tertiary/aromatic N) is 2. The number of rotatable bonds is 6. The third kappa shape index (κ3) is 3.49. The summed E-state index contributed by atoms with van der Waals surface area (Å²) in [5, 5.41) is 18.1. The van der Waals surface area contributed by atoms with E-state index in [9.17, 15) is 9.59 Å². The zero-order chi connectivity index (χ0) is 15.9. The summed E-state index contributed by atoms with van der Waals surface area (Å²) in [5.74, 6) is -1.00. The Morgan fingerprint density at radius 2 is 1.95 bits per heavy atom. The van der Waals surface area contributed by atoms with Gasteiger partial charge in [-0.1, -0.05) is 36.4 Å². The lowest BCUT2D eigenvalue weighted by atomic mass is 10.0. The second-order valence-corrected chi connectivity index (χ2v) is 4.70. The van der Waals surface area contributed by atoms with Crippen molar-refractivity contribution in [3.05, 3.63) is 65.7 Å². The summed E-state index contributed by atoms with van der Waals surface area (Å²) >= 11 is 0. The van der Waals surface area contributed by atoms with Gasteiger partial charge in [0.25, 0.3) is 0 Å². The van der Waals surface area contributed by atoms with E-state index in [1.807, 2.05) is 12.1 Å². The maximum atomic E-state index is 11.6. The molecule has 2 aromatic carbocycles. The zero-order valence-corrected chi connectivity index (χ0v) is 11.7. The van der Waals surface area contributed by atoms with Gasteiger partial charge in [0.1, 0.15) is 0 Å². The van der Waals surface area contributed by atoms with Gasteiger partial charge in [0.05, 0.1) is 24.1 Å². The van der Waals surface area contributed by atoms with Crippen LogP contribution in [0.3, 0.4) is 0 Å². The molecule has 0 bridgehead atoms. The van der Waals surface area contributed by atoms with Crippen LogP contribution in [0.4, 0.5) is 5.69 Å². The molecule has 0 spiro atoms. The van der Waals surface area contributed by atoms with Crippen molar-refractivity contribution >= 4 is 18.1 Å². The molecule has 1 amide bonds. The molecule has 0 aliphatic heterocycles. The van der Waals surface area contributed by atoms with Crippen molar-refractivity contribution in [2.45, 2.75) is 12.5 Å². The molecule has 0 aliphatic rings. The van der Waals surface area contributed by atoms with Crippen LogP contribution < -0.4 is 4.90 Å². The second kappa shape index (κ2) is 7.04. The van der Waals surface area contributed by atoms with E-state index < -0.39 is 12.0 Å². The summed E-state index contributed by atoms with van der Waals surface area (Å²) in [7, 11) is 0. The molecule has 0 saturated carbocycles. The highest BCUT2D eigenvalue weighted by atomic mass is 16.4. The number of carboxylic acids is 1. The minimum Gasteiger partial charge on any atom is -0.481 e. The van der Waals surface area contributed by atoms with Crippen LogP contribution in [-0.4, -0.2) is 17.5 Å². The molecule has 0 saturated heterocycles. The Morgan fingerprint density at radius 1 is 1.23 bits per heavy atom. The number of benzene rings is 2. The molecule has 2 aromatic rings. The molecule has 0 heterocycles. The molecule has 110 valence electrons. The first kappa shape index (κ1) is 15.3. The third-order valence-corrected chi connectivity index (χ3v) is 3.28. The lowest BCUT2D eigenvalue weighted by Crippen LogP contribution is -2.29. The third-order valence-electron chi connectivity index (χ3n) is 3.28. The fourth-order valence-electron chi connectivity index (χ4n) is 2.27. The van der Waals surface area contributed by atoms with Crippen LogP contribution in [0.25, 0.3) is 0 Å². The van der Waals surface area contributed by atoms with E-state index in [1.165, 1.54) is 4.90 Å². The van der Waals surface area contributed by atoms with Gasteiger partial charge in [-0.05, 0) is 23.8 Å². The number of anilines is 1. The predicted molar refractivity (Wildman–Crippen MR) is 81.1 cm³/mol. The lowest BCUT2D eigenvalue weighted by Gasteiger charge is -2.27. The Bertz CT molecular complexity index is 707. The van der Waals surface area contributed by atoms with Gasteiger partial charge in [-0.15, -0.1) is 0 Å². The number of aliphatic carboxylic acids is 1. The average Bonchev–Trinajstić information content (AvgIpc) is 2.55. The first-order chi connectivity index (χ1) is 10.7. The highest BCUT2D eigenvalue weighted by molar-refractivity contribution is 5.79. The average molecular weight is 294 g/mol. The summed E-state index contributed by atoms with van der Waals surface area (Å²) in [6.45, 7) is 0. The van der Waals surface area contributed by atoms with Crippen LogP contribution in [0.15, 0.2) is 54.6 Å². The Morgan fingerprint density at radius 3 is 2.55 bits per heavy atom. The largest absolute Gasteiger partial charge is 0.481 e. The number of carboxylic acid groups (broad SMARTS) is 1. The molecule has 5 heteroatoms. The van der Waals surface area contributed by atoms with Gasteiger partial charge in [0, 0.05) is 5.69 Å². The van der Waals surface area contributed by atoms with E-state index in [1.54, 1.807) is 48.5 Å². The Hall–Kier alpha value is -3.13. The smallest absolute Gasteiger partial charge is 0.305 e. The normalized spacial score (nSPS) is 11.2. The Kier molecular flexibility index (Phi) is 4.89. The summed E-state index contributed by atoms with van der Waals surface area (Å²) < 4.78 is 0. The number of nitriles is 1. The molecule has 1 N–H and O–H groups in total. The fourth-order valence-corrected chi connectivity index (χ4v) is 2.27. The van der Waals surface area contributed by atoms with Crippen LogP contribution in [0.1, 0.15) is 23.6 Å². The number of hydrogen-bond donors (Lipinski definition) is 1. The van der Waals surface area contributed by atoms with Crippen LogP contribution >= 0.6 is 0 Å². The minimum absolute atomic E-state index is 0.223. The first-order valence-corrected chi connectivity index (χ1v) is 6.66. The molecule has 2 rings (SSSR count). The molecule has 0 aliphatic carbocycles. The van der Waals surface area contributed by atoms with Crippen LogP contribution in [0, 0.1) is 11.3 Å². The summed E-state index contributed by atoms with van der Waals surface area (Å²) in [5.41, 5.74) is 1.62. The van der Waals surface area contributed by atoms with Crippen molar-refractivity contribution in [1.82, 2.24) is 0 Å². The van der Waals surface area contributed by atoms with E-state index in [-0.39, 0.29) is 6.42 Å². The standard InChI is InChI=1S/C17H14N2O3/c18-11-13-5-4-8-15(9-13)19(12-20)16(10-17(21)22)14-6-2-1-3-7-14/h1-9,12,16H,10H2,(H,21,22). The number of hydrogen-bond acceptors (Lipinski definition) is 3. The minimum atomic E-state index is -1.00. The summed E-state index contributed by atoms with van der Waals surface area (Å²) in [6.07, 6.45) is 0.372. The van der Waals surface area contributed by atoms with Gasteiger partial charge in [-0.3, -0.25) is 9.59 Å². The van der Waals surface area contributed by atoms with Crippen LogP contribution in [0.5, 0.6) is 0 Å². The zero-order valence-electron chi connectivity index (χ0n) is 11.7. The van der Waals surface area contributed by atoms with E-state index in [0.717, 1.165) is 5.56 Å². The highest BCUT2D eigenvalue weighted by Crippen LogP contribution is 2.29. The maximum Gasteiger partial charge on any atom is 0.305 e. The van der Waals surface area contributed by atoms with E-state index in [2.05, 4.69) is 0 Å². The van der Waals surface area contributed by atoms with Crippen molar-refractivity contribution in [2.24, 2.45) is 0 Å². The van der Waals surface area contributed by atoms with Crippen molar-refractivity contribution in [1.29, 1.82) is 5.26 Å². The van der Waals surface area contributed by atoms with E-state index >= 15 is 0 Å². The van der Waals surface area contributed by atoms with E-state index in [0.29, 0.717) is 17.7 Å². The highest BCUT2D eigenvalue weighted by Gasteiger charge is 2.23. The molecule has 1 atom stereocenters. The maximum absolute atomic E-state index is 11.6. The molecule has 0 aromatic heterocycles. The fraction of sp³-hybridized carbons (Fsp3) is 0.118. The number of amides is 1. The van der Waals surface area contributed by atoms with Crippen molar-refractivity contribution in [3.8, 4) is 6.07 Å². The SMILES string of the molecule is N#Cc1cccc(N(C=O)C(CC(=O)O)c2ccccc2)c1. The van der Waals surface area contributed by atoms with Gasteiger partial charge in [0.15, 0.2) is 0 Å². The summed E-state index contributed by atoms with van der Waals surface area (Å²) in [6, 6.07) is 16.8. The number of carbonyl (C=O) groups excluding carboxylic acids is 1. The van der Waals surface area contributed by atoms with E-state index in [4.69, 9.17) is 10.4 Å². The predicted octanol–water partition coefficient (Wildman–Crippen LogP) is 2.74. The topological polar surface area (TPSA) is 81.4 Å². The monoisotopic (exact) mass is 294 g/mol. The lowest BCUT2D eigenvalue weighted by molar-refractivity contribution is -0.137. The van der Waals surface area contributed by atoms with Gasteiger partial charge in [-0.2, -0.15) is 5.26 Å². The molecule has 0 radical (unpaired) electrons. The summed E-state index contributed by atoms with van der Waals surface area (Å²) in [4.78, 5) is 24.1. The molecular weight excluding hydrogens is 280 g/mol. The van der Waals surface area contributed by atoms with Crippen molar-refractivity contribution in [3.63, 3.8) is 0 Å². The van der Waals surface area contributed by atoms with Gasteiger partial charge in [0.2, 0.25) is 6.41 Å². The van der Waals surface area contributed by atoms with Gasteiger partial charge >= 0.3 is 5.97 Å². The molecule has 22 heavy (non-hydrogen) atoms. The van der Waals surface area contributed by atoms with Crippen molar-refractivity contribution < 1.29 is 14.7 Å². The molecule has 5 nitrogen and oxygen atoms in total.